The molecule has 0 saturated carbocycles. The second-order valence-corrected chi connectivity index (χ2v) is 6.32. The van der Waals surface area contributed by atoms with Gasteiger partial charge >= 0.3 is 0 Å². The maximum Gasteiger partial charge on any atom is 0.300 e. The molecule has 0 aliphatic rings. The standard InChI is InChI=1S/C9H14N3O2PS/c1-7(9(13)12-15(10,11)14)16-8-5-3-2-4-6-8/h2-7H,1H3,(H5,10,11,12,13,14). The molecule has 0 saturated heterocycles. The summed E-state index contributed by atoms with van der Waals surface area (Å²) in [6, 6.07) is 9.42. The Balaban J connectivity index is 2.56. The van der Waals surface area contributed by atoms with E-state index in [9.17, 15) is 9.36 Å². The van der Waals surface area contributed by atoms with Crippen molar-refractivity contribution in [1.29, 1.82) is 0 Å². The van der Waals surface area contributed by atoms with Gasteiger partial charge in [0.1, 0.15) is 0 Å². The lowest BCUT2D eigenvalue weighted by molar-refractivity contribution is -0.118. The molecular formula is C9H14N3O2PS. The van der Waals surface area contributed by atoms with E-state index in [4.69, 9.17) is 11.0 Å². The van der Waals surface area contributed by atoms with Crippen LogP contribution in [0.2, 0.25) is 0 Å². The van der Waals surface area contributed by atoms with Gasteiger partial charge in [0.25, 0.3) is 7.59 Å². The highest BCUT2D eigenvalue weighted by molar-refractivity contribution is 8.00. The summed E-state index contributed by atoms with van der Waals surface area (Å²) in [5.41, 5.74) is 10.1. The molecule has 0 aliphatic heterocycles. The number of nitrogens with one attached hydrogen (secondary N) is 1. The first kappa shape index (κ1) is 13.3. The fourth-order valence-electron chi connectivity index (χ4n) is 1.02. The largest absolute Gasteiger partial charge is 0.300 e. The van der Waals surface area contributed by atoms with Crippen LogP contribution in [0.5, 0.6) is 0 Å². The van der Waals surface area contributed by atoms with Crippen molar-refractivity contribution in [3.8, 4) is 0 Å². The van der Waals surface area contributed by atoms with E-state index in [1.54, 1.807) is 6.92 Å². The van der Waals surface area contributed by atoms with Crippen molar-refractivity contribution >= 4 is 25.3 Å². The van der Waals surface area contributed by atoms with Crippen LogP contribution in [0, 0.1) is 0 Å². The third kappa shape index (κ3) is 4.81. The Hall–Kier alpha value is -0.810. The van der Waals surface area contributed by atoms with Gasteiger partial charge in [0.05, 0.1) is 5.25 Å². The first-order valence-electron chi connectivity index (χ1n) is 4.59. The zero-order chi connectivity index (χ0) is 12.2. The number of nitrogens with two attached hydrogens (primary N) is 2. The summed E-state index contributed by atoms with van der Waals surface area (Å²) < 4.78 is 11.0. The summed E-state index contributed by atoms with van der Waals surface area (Å²) in [4.78, 5) is 12.5. The normalized spacial score (nSPS) is 13.2. The summed E-state index contributed by atoms with van der Waals surface area (Å²) >= 11 is 1.35. The van der Waals surface area contributed by atoms with E-state index in [1.807, 2.05) is 30.3 Å². The molecule has 1 amide bonds. The number of rotatable bonds is 4. The Labute approximate surface area is 98.5 Å². The highest BCUT2D eigenvalue weighted by Gasteiger charge is 2.19. The molecule has 88 valence electrons. The molecule has 0 fully saturated rings. The summed E-state index contributed by atoms with van der Waals surface area (Å²) in [7, 11) is -3.49. The molecule has 1 unspecified atom stereocenters. The third-order valence-electron chi connectivity index (χ3n) is 1.71. The molecule has 0 spiro atoms. The topological polar surface area (TPSA) is 98.2 Å². The number of carbonyl (C=O) groups is 1. The molecule has 0 aliphatic carbocycles. The summed E-state index contributed by atoms with van der Waals surface area (Å²) in [6.07, 6.45) is 0. The van der Waals surface area contributed by atoms with Crippen molar-refractivity contribution in [3.05, 3.63) is 30.3 Å². The maximum absolute atomic E-state index is 11.5. The average molecular weight is 259 g/mol. The van der Waals surface area contributed by atoms with Crippen LogP contribution in [-0.4, -0.2) is 11.2 Å². The predicted octanol–water partition coefficient (Wildman–Crippen LogP) is 1.31. The Morgan fingerprint density at radius 2 is 1.94 bits per heavy atom. The van der Waals surface area contributed by atoms with E-state index in [0.717, 1.165) is 4.90 Å². The number of thioether (sulfide) groups is 1. The Kier molecular flexibility index (Phi) is 4.56. The van der Waals surface area contributed by atoms with Gasteiger partial charge in [0.2, 0.25) is 5.91 Å². The number of benzene rings is 1. The van der Waals surface area contributed by atoms with Gasteiger partial charge in [0, 0.05) is 4.90 Å². The van der Waals surface area contributed by atoms with Crippen molar-refractivity contribution in [2.75, 3.05) is 0 Å². The van der Waals surface area contributed by atoms with Gasteiger partial charge in [0.15, 0.2) is 0 Å². The van der Waals surface area contributed by atoms with E-state index in [2.05, 4.69) is 5.09 Å². The fraction of sp³-hybridized carbons (Fsp3) is 0.222. The number of hydrogen-bond acceptors (Lipinski definition) is 3. The Bertz CT molecular complexity index is 406. The van der Waals surface area contributed by atoms with Crippen LogP contribution in [0.15, 0.2) is 35.2 Å². The van der Waals surface area contributed by atoms with Crippen molar-refractivity contribution < 1.29 is 9.36 Å². The SMILES string of the molecule is CC(Sc1ccccc1)C(=O)NP(N)(N)=O. The van der Waals surface area contributed by atoms with E-state index in [1.165, 1.54) is 11.8 Å². The lowest BCUT2D eigenvalue weighted by atomic mass is 10.4. The van der Waals surface area contributed by atoms with Crippen LogP contribution >= 0.6 is 19.4 Å². The zero-order valence-corrected chi connectivity index (χ0v) is 10.5. The lowest BCUT2D eigenvalue weighted by Crippen LogP contribution is -2.33. The van der Waals surface area contributed by atoms with E-state index in [-0.39, 0.29) is 0 Å². The van der Waals surface area contributed by atoms with Gasteiger partial charge in [-0.1, -0.05) is 18.2 Å². The van der Waals surface area contributed by atoms with Gasteiger partial charge in [-0.15, -0.1) is 11.8 Å². The van der Waals surface area contributed by atoms with Crippen molar-refractivity contribution in [1.82, 2.24) is 5.09 Å². The first-order valence-corrected chi connectivity index (χ1v) is 7.32. The minimum Gasteiger partial charge on any atom is -0.282 e. The first-order chi connectivity index (χ1) is 7.38. The summed E-state index contributed by atoms with van der Waals surface area (Å²) in [6.45, 7) is 1.70. The molecule has 5 N–H and O–H groups in total. The number of carbonyl (C=O) groups excluding carboxylic acids is 1. The van der Waals surface area contributed by atoms with Crippen LogP contribution in [0.25, 0.3) is 0 Å². The van der Waals surface area contributed by atoms with Gasteiger partial charge in [-0.05, 0) is 19.1 Å². The molecule has 7 heteroatoms. The zero-order valence-electron chi connectivity index (χ0n) is 8.79. The molecular weight excluding hydrogens is 245 g/mol. The Morgan fingerprint density at radius 1 is 1.38 bits per heavy atom. The molecule has 1 rings (SSSR count). The number of hydrogen-bond donors (Lipinski definition) is 3. The maximum atomic E-state index is 11.5. The second kappa shape index (κ2) is 5.50. The highest BCUT2D eigenvalue weighted by atomic mass is 32.2. The highest BCUT2D eigenvalue weighted by Crippen LogP contribution is 2.25. The van der Waals surface area contributed by atoms with Crippen LogP contribution in [0.4, 0.5) is 0 Å². The number of amides is 1. The molecule has 0 heterocycles. The molecule has 1 atom stereocenters. The monoisotopic (exact) mass is 259 g/mol. The van der Waals surface area contributed by atoms with Crippen LogP contribution in [0.1, 0.15) is 6.92 Å². The van der Waals surface area contributed by atoms with E-state index >= 15 is 0 Å². The van der Waals surface area contributed by atoms with Gasteiger partial charge in [-0.25, -0.2) is 0 Å². The molecule has 1 aromatic carbocycles. The van der Waals surface area contributed by atoms with E-state index in [0.29, 0.717) is 0 Å². The molecule has 0 aromatic heterocycles. The third-order valence-corrected chi connectivity index (χ3v) is 3.39. The van der Waals surface area contributed by atoms with Crippen LogP contribution < -0.4 is 16.1 Å². The van der Waals surface area contributed by atoms with Crippen molar-refractivity contribution in [2.24, 2.45) is 11.0 Å². The van der Waals surface area contributed by atoms with E-state index < -0.39 is 18.8 Å². The molecule has 16 heavy (non-hydrogen) atoms. The molecule has 0 radical (unpaired) electrons. The van der Waals surface area contributed by atoms with Crippen LogP contribution in [-0.2, 0) is 9.36 Å². The van der Waals surface area contributed by atoms with Gasteiger partial charge in [-0.2, -0.15) is 0 Å². The average Bonchev–Trinajstić information content (AvgIpc) is 2.16. The van der Waals surface area contributed by atoms with Gasteiger partial charge < -0.3 is 0 Å². The van der Waals surface area contributed by atoms with Crippen molar-refractivity contribution in [2.45, 2.75) is 17.1 Å². The summed E-state index contributed by atoms with van der Waals surface area (Å²) in [5, 5.41) is 1.69. The smallest absolute Gasteiger partial charge is 0.282 e. The lowest BCUT2D eigenvalue weighted by Gasteiger charge is -2.13. The predicted molar refractivity (Wildman–Crippen MR) is 65.9 cm³/mol. The quantitative estimate of drug-likeness (QED) is 0.559. The minimum absolute atomic E-state index is 0.400. The minimum atomic E-state index is -3.49. The fourth-order valence-corrected chi connectivity index (χ4v) is 2.53. The second-order valence-electron chi connectivity index (χ2n) is 3.26. The molecule has 1 aromatic rings. The van der Waals surface area contributed by atoms with Crippen LogP contribution in [0.3, 0.4) is 0 Å². The van der Waals surface area contributed by atoms with Gasteiger partial charge in [-0.3, -0.25) is 25.5 Å². The molecule has 5 nitrogen and oxygen atoms in total. The molecule has 0 bridgehead atoms. The van der Waals surface area contributed by atoms with Crippen molar-refractivity contribution in [3.63, 3.8) is 0 Å². The Morgan fingerprint density at radius 3 is 2.44 bits per heavy atom. The summed E-state index contributed by atoms with van der Waals surface area (Å²) in [5.74, 6) is -0.429.